The molecule has 0 aliphatic carbocycles. The highest BCUT2D eigenvalue weighted by molar-refractivity contribution is 7.92. The first kappa shape index (κ1) is 23.1. The molecule has 2 aromatic carbocycles. The van der Waals surface area contributed by atoms with Gasteiger partial charge in [-0.15, -0.1) is 0 Å². The summed E-state index contributed by atoms with van der Waals surface area (Å²) >= 11 is 0. The molecule has 1 N–H and O–H groups in total. The molecule has 1 heterocycles. The molecular formula is C21H17F3N2O5S. The number of anilines is 1. The molecule has 3 aromatic rings. The van der Waals surface area contributed by atoms with E-state index in [-0.39, 0.29) is 22.6 Å². The average molecular weight is 466 g/mol. The molecule has 0 aliphatic heterocycles. The molecule has 11 heteroatoms. The van der Waals surface area contributed by atoms with Crippen molar-refractivity contribution in [3.8, 4) is 16.9 Å². The molecule has 0 bridgehead atoms. The number of sulfonamides is 1. The molecule has 168 valence electrons. The fourth-order valence-corrected chi connectivity index (χ4v) is 4.19. The van der Waals surface area contributed by atoms with Gasteiger partial charge in [0, 0.05) is 18.0 Å². The normalized spacial score (nSPS) is 11.7. The quantitative estimate of drug-likeness (QED) is 0.543. The third kappa shape index (κ3) is 4.83. The number of nitrogens with zero attached hydrogens (tertiary/aromatic N) is 1. The molecule has 0 spiro atoms. The van der Waals surface area contributed by atoms with Crippen LogP contribution in [0.5, 0.6) is 5.75 Å². The Morgan fingerprint density at radius 2 is 1.69 bits per heavy atom. The van der Waals surface area contributed by atoms with Crippen molar-refractivity contribution in [2.45, 2.75) is 11.1 Å². The zero-order valence-corrected chi connectivity index (χ0v) is 17.6. The van der Waals surface area contributed by atoms with Gasteiger partial charge in [-0.3, -0.25) is 9.71 Å². The number of pyridine rings is 1. The zero-order chi connectivity index (χ0) is 23.5. The lowest BCUT2D eigenvalue weighted by atomic mass is 10.0. The second-order valence-corrected chi connectivity index (χ2v) is 8.11. The van der Waals surface area contributed by atoms with E-state index in [1.807, 2.05) is 0 Å². The van der Waals surface area contributed by atoms with Gasteiger partial charge in [-0.25, -0.2) is 13.2 Å². The van der Waals surface area contributed by atoms with Crippen LogP contribution >= 0.6 is 0 Å². The van der Waals surface area contributed by atoms with E-state index in [0.29, 0.717) is 11.6 Å². The molecule has 0 unspecified atom stereocenters. The Morgan fingerprint density at radius 1 is 1.00 bits per heavy atom. The molecule has 0 fully saturated rings. The van der Waals surface area contributed by atoms with Gasteiger partial charge >= 0.3 is 12.1 Å². The van der Waals surface area contributed by atoms with Crippen molar-refractivity contribution in [1.29, 1.82) is 0 Å². The van der Waals surface area contributed by atoms with Crippen LogP contribution in [0.2, 0.25) is 0 Å². The molecule has 7 nitrogen and oxygen atoms in total. The third-order valence-electron chi connectivity index (χ3n) is 4.46. The maximum absolute atomic E-state index is 13.3. The lowest BCUT2D eigenvalue weighted by molar-refractivity contribution is -0.137. The summed E-state index contributed by atoms with van der Waals surface area (Å²) in [6.45, 7) is 0. The molecule has 0 aliphatic rings. The summed E-state index contributed by atoms with van der Waals surface area (Å²) in [6, 6.07) is 9.34. The zero-order valence-electron chi connectivity index (χ0n) is 16.8. The summed E-state index contributed by atoms with van der Waals surface area (Å²) < 4.78 is 78.1. The second kappa shape index (κ2) is 8.87. The van der Waals surface area contributed by atoms with E-state index in [1.165, 1.54) is 43.8 Å². The van der Waals surface area contributed by atoms with Gasteiger partial charge < -0.3 is 9.47 Å². The third-order valence-corrected chi connectivity index (χ3v) is 5.84. The van der Waals surface area contributed by atoms with Gasteiger partial charge in [0.05, 0.1) is 31.0 Å². The van der Waals surface area contributed by atoms with Gasteiger partial charge in [0.1, 0.15) is 10.6 Å². The Labute approximate surface area is 181 Å². The number of ether oxygens (including phenoxy) is 2. The average Bonchev–Trinajstić information content (AvgIpc) is 2.77. The first-order valence-electron chi connectivity index (χ1n) is 8.97. The smallest absolute Gasteiger partial charge is 0.416 e. The summed E-state index contributed by atoms with van der Waals surface area (Å²) in [5.74, 6) is -0.900. The van der Waals surface area contributed by atoms with Gasteiger partial charge in [0.15, 0.2) is 0 Å². The molecule has 0 saturated heterocycles. The number of nitrogens with one attached hydrogen (secondary N) is 1. The van der Waals surface area contributed by atoms with Gasteiger partial charge in [-0.2, -0.15) is 13.2 Å². The molecule has 0 saturated carbocycles. The van der Waals surface area contributed by atoms with Crippen molar-refractivity contribution in [3.05, 3.63) is 72.1 Å². The van der Waals surface area contributed by atoms with E-state index in [2.05, 4.69) is 14.4 Å². The Kier molecular flexibility index (Phi) is 6.40. The number of alkyl halides is 3. The Morgan fingerprint density at radius 3 is 2.28 bits per heavy atom. The van der Waals surface area contributed by atoms with Crippen LogP contribution in [-0.4, -0.2) is 33.6 Å². The highest BCUT2D eigenvalue weighted by Crippen LogP contribution is 2.37. The second-order valence-electron chi connectivity index (χ2n) is 6.46. The van der Waals surface area contributed by atoms with E-state index in [1.54, 1.807) is 0 Å². The van der Waals surface area contributed by atoms with Gasteiger partial charge in [0.25, 0.3) is 10.0 Å². The molecule has 3 rings (SSSR count). The van der Waals surface area contributed by atoms with Crippen LogP contribution in [0, 0.1) is 0 Å². The van der Waals surface area contributed by atoms with Crippen LogP contribution < -0.4 is 9.46 Å². The van der Waals surface area contributed by atoms with Crippen LogP contribution in [0.4, 0.5) is 18.9 Å². The number of hydrogen-bond donors (Lipinski definition) is 1. The highest BCUT2D eigenvalue weighted by atomic mass is 32.2. The molecule has 0 radical (unpaired) electrons. The van der Waals surface area contributed by atoms with E-state index < -0.39 is 32.6 Å². The summed E-state index contributed by atoms with van der Waals surface area (Å²) in [6.07, 6.45) is -1.85. The molecule has 0 atom stereocenters. The lowest BCUT2D eigenvalue weighted by Gasteiger charge is -2.17. The van der Waals surface area contributed by atoms with Crippen LogP contribution in [-0.2, 0) is 20.9 Å². The van der Waals surface area contributed by atoms with Gasteiger partial charge in [-0.1, -0.05) is 6.07 Å². The molecule has 0 amide bonds. The van der Waals surface area contributed by atoms with Crippen LogP contribution in [0.25, 0.3) is 11.1 Å². The van der Waals surface area contributed by atoms with Crippen LogP contribution in [0.15, 0.2) is 65.8 Å². The standard InChI is InChI=1S/C21H17F3N2O5S/c1-30-18-6-3-14(20(27)31-2)11-19(18)32(28,29)26-17-12-15(21(22,23)24)4-5-16(17)13-7-9-25-10-8-13/h3-12,26H,1-2H3. The number of halogens is 3. The number of carbonyl (C=O) groups is 1. The fourth-order valence-electron chi connectivity index (χ4n) is 2.92. The van der Waals surface area contributed by atoms with Gasteiger partial charge in [0.2, 0.25) is 0 Å². The number of esters is 1. The number of hydrogen-bond acceptors (Lipinski definition) is 6. The van der Waals surface area contributed by atoms with E-state index in [4.69, 9.17) is 4.74 Å². The lowest BCUT2D eigenvalue weighted by Crippen LogP contribution is -2.17. The first-order chi connectivity index (χ1) is 15.1. The highest BCUT2D eigenvalue weighted by Gasteiger charge is 2.32. The number of methoxy groups -OCH3 is 2. The maximum atomic E-state index is 13.3. The van der Waals surface area contributed by atoms with E-state index in [9.17, 15) is 26.4 Å². The van der Waals surface area contributed by atoms with Gasteiger partial charge in [-0.05, 0) is 48.0 Å². The molecular weight excluding hydrogens is 449 g/mol. The topological polar surface area (TPSA) is 94.6 Å². The summed E-state index contributed by atoms with van der Waals surface area (Å²) in [5, 5.41) is 0. The van der Waals surface area contributed by atoms with Crippen molar-refractivity contribution >= 4 is 21.7 Å². The minimum atomic E-state index is -4.69. The number of rotatable bonds is 6. The number of aromatic nitrogens is 1. The fraction of sp³-hybridized carbons (Fsp3) is 0.143. The van der Waals surface area contributed by atoms with Crippen molar-refractivity contribution in [3.63, 3.8) is 0 Å². The predicted octanol–water partition coefficient (Wildman–Crippen LogP) is 4.36. The van der Waals surface area contributed by atoms with Crippen molar-refractivity contribution in [2.24, 2.45) is 0 Å². The van der Waals surface area contributed by atoms with Crippen molar-refractivity contribution in [2.75, 3.05) is 18.9 Å². The number of benzene rings is 2. The van der Waals surface area contributed by atoms with E-state index in [0.717, 1.165) is 25.3 Å². The summed E-state index contributed by atoms with van der Waals surface area (Å²) in [5.41, 5.74) is -0.777. The largest absolute Gasteiger partial charge is 0.495 e. The Balaban J connectivity index is 2.15. The summed E-state index contributed by atoms with van der Waals surface area (Å²) in [4.78, 5) is 15.2. The minimum Gasteiger partial charge on any atom is -0.495 e. The summed E-state index contributed by atoms with van der Waals surface area (Å²) in [7, 11) is -2.13. The molecule has 32 heavy (non-hydrogen) atoms. The van der Waals surface area contributed by atoms with E-state index >= 15 is 0 Å². The van der Waals surface area contributed by atoms with Crippen molar-refractivity contribution < 1.29 is 35.9 Å². The first-order valence-corrected chi connectivity index (χ1v) is 10.5. The molecule has 1 aromatic heterocycles. The predicted molar refractivity (Wildman–Crippen MR) is 110 cm³/mol. The number of carbonyl (C=O) groups excluding carboxylic acids is 1. The maximum Gasteiger partial charge on any atom is 0.416 e. The monoisotopic (exact) mass is 466 g/mol. The van der Waals surface area contributed by atoms with Crippen molar-refractivity contribution in [1.82, 2.24) is 4.98 Å². The Bertz CT molecular complexity index is 1250. The SMILES string of the molecule is COC(=O)c1ccc(OC)c(S(=O)(=O)Nc2cc(C(F)(F)F)ccc2-c2ccncc2)c1. The Hall–Kier alpha value is -3.60. The minimum absolute atomic E-state index is 0.0768. The van der Waals surface area contributed by atoms with Crippen LogP contribution in [0.3, 0.4) is 0 Å². The van der Waals surface area contributed by atoms with Crippen LogP contribution in [0.1, 0.15) is 15.9 Å².